The Kier molecular flexibility index (Phi) is 3.84. The molecule has 0 unspecified atom stereocenters. The first-order valence-electron chi connectivity index (χ1n) is 3.74. The molecule has 0 saturated heterocycles. The molecular formula is C8H10N4S. The molecule has 1 rings (SSSR count). The molecule has 0 aliphatic heterocycles. The molecule has 0 aromatic carbocycles. The lowest BCUT2D eigenvalue weighted by molar-refractivity contribution is 0.982. The molecule has 68 valence electrons. The first-order chi connectivity index (χ1) is 6.33. The smallest absolute Gasteiger partial charge is 0.186 e. The van der Waals surface area contributed by atoms with Crippen LogP contribution >= 0.6 is 12.2 Å². The van der Waals surface area contributed by atoms with Crippen molar-refractivity contribution in [2.45, 2.75) is 0 Å². The molecule has 1 heterocycles. The number of hydrogen-bond acceptors (Lipinski definition) is 3. The van der Waals surface area contributed by atoms with Crippen molar-refractivity contribution < 1.29 is 0 Å². The lowest BCUT2D eigenvalue weighted by Gasteiger charge is -1.98. The summed E-state index contributed by atoms with van der Waals surface area (Å²) in [7, 11) is 1.73. The summed E-state index contributed by atoms with van der Waals surface area (Å²) in [5, 5.41) is 7.12. The summed E-state index contributed by atoms with van der Waals surface area (Å²) in [5.41, 5.74) is 3.57. The van der Waals surface area contributed by atoms with E-state index in [9.17, 15) is 0 Å². The average molecular weight is 194 g/mol. The molecular weight excluding hydrogens is 184 g/mol. The van der Waals surface area contributed by atoms with Gasteiger partial charge in [-0.25, -0.2) is 0 Å². The van der Waals surface area contributed by atoms with E-state index >= 15 is 0 Å². The van der Waals surface area contributed by atoms with Gasteiger partial charge in [0.25, 0.3) is 0 Å². The predicted molar refractivity (Wildman–Crippen MR) is 56.6 cm³/mol. The summed E-state index contributed by atoms with van der Waals surface area (Å²) < 4.78 is 0. The zero-order valence-electron chi connectivity index (χ0n) is 7.19. The van der Waals surface area contributed by atoms with E-state index in [1.807, 2.05) is 12.1 Å². The maximum atomic E-state index is 4.82. The van der Waals surface area contributed by atoms with Crippen LogP contribution in [0, 0.1) is 0 Å². The van der Waals surface area contributed by atoms with Crippen LogP contribution in [-0.4, -0.2) is 23.4 Å². The Morgan fingerprint density at radius 3 is 3.15 bits per heavy atom. The van der Waals surface area contributed by atoms with Crippen LogP contribution < -0.4 is 10.7 Å². The highest BCUT2D eigenvalue weighted by atomic mass is 32.1. The molecule has 0 aliphatic rings. The number of hydrazone groups is 1. The van der Waals surface area contributed by atoms with E-state index in [1.54, 1.807) is 25.7 Å². The molecule has 0 aliphatic carbocycles. The van der Waals surface area contributed by atoms with Crippen molar-refractivity contribution in [1.82, 2.24) is 15.7 Å². The number of rotatable bonds is 2. The van der Waals surface area contributed by atoms with Gasteiger partial charge >= 0.3 is 0 Å². The van der Waals surface area contributed by atoms with E-state index in [2.05, 4.69) is 20.8 Å². The Hall–Kier alpha value is -1.49. The minimum atomic E-state index is 0.486. The quantitative estimate of drug-likeness (QED) is 0.409. The lowest BCUT2D eigenvalue weighted by atomic mass is 10.3. The summed E-state index contributed by atoms with van der Waals surface area (Å²) in [4.78, 5) is 3.94. The van der Waals surface area contributed by atoms with E-state index in [0.717, 1.165) is 5.56 Å². The van der Waals surface area contributed by atoms with Gasteiger partial charge < -0.3 is 5.32 Å². The van der Waals surface area contributed by atoms with Crippen molar-refractivity contribution in [2.24, 2.45) is 5.10 Å². The van der Waals surface area contributed by atoms with Gasteiger partial charge in [-0.05, 0) is 18.3 Å². The molecule has 0 fully saturated rings. The monoisotopic (exact) mass is 194 g/mol. The average Bonchev–Trinajstić information content (AvgIpc) is 2.19. The van der Waals surface area contributed by atoms with Gasteiger partial charge in [-0.2, -0.15) is 5.10 Å². The van der Waals surface area contributed by atoms with Crippen LogP contribution in [0.4, 0.5) is 0 Å². The highest BCUT2D eigenvalue weighted by Crippen LogP contribution is 1.89. The standard InChI is InChI=1S/C8H10N4S/c1-9-8(13)12-11-6-7-3-2-4-10-5-7/h2-6H,1H3,(H2,9,12,13). The minimum absolute atomic E-state index is 0.486. The molecule has 0 atom stereocenters. The van der Waals surface area contributed by atoms with Gasteiger partial charge in [0.05, 0.1) is 6.21 Å². The molecule has 0 bridgehead atoms. The first-order valence-corrected chi connectivity index (χ1v) is 4.14. The highest BCUT2D eigenvalue weighted by Gasteiger charge is 1.86. The van der Waals surface area contributed by atoms with Crippen LogP contribution in [0.2, 0.25) is 0 Å². The molecule has 0 amide bonds. The summed E-state index contributed by atoms with van der Waals surface area (Å²) in [6.07, 6.45) is 5.08. The molecule has 0 saturated carbocycles. The van der Waals surface area contributed by atoms with Crippen molar-refractivity contribution >= 4 is 23.5 Å². The van der Waals surface area contributed by atoms with Crippen molar-refractivity contribution in [3.8, 4) is 0 Å². The van der Waals surface area contributed by atoms with Crippen molar-refractivity contribution in [1.29, 1.82) is 0 Å². The number of aromatic nitrogens is 1. The van der Waals surface area contributed by atoms with E-state index in [0.29, 0.717) is 5.11 Å². The van der Waals surface area contributed by atoms with E-state index in [-0.39, 0.29) is 0 Å². The summed E-state index contributed by atoms with van der Waals surface area (Å²) in [6.45, 7) is 0. The summed E-state index contributed by atoms with van der Waals surface area (Å²) >= 11 is 4.82. The van der Waals surface area contributed by atoms with Gasteiger partial charge in [-0.3, -0.25) is 10.4 Å². The normalized spacial score (nSPS) is 9.92. The Morgan fingerprint density at radius 1 is 1.69 bits per heavy atom. The lowest BCUT2D eigenvalue weighted by Crippen LogP contribution is -2.28. The Bertz CT molecular complexity index is 296. The van der Waals surface area contributed by atoms with Gasteiger partial charge in [0.1, 0.15) is 0 Å². The fraction of sp³-hybridized carbons (Fsp3) is 0.125. The number of thiocarbonyl (C=S) groups is 1. The van der Waals surface area contributed by atoms with Crippen LogP contribution in [0.25, 0.3) is 0 Å². The number of hydrogen-bond donors (Lipinski definition) is 2. The molecule has 1 aromatic rings. The fourth-order valence-electron chi connectivity index (χ4n) is 0.674. The van der Waals surface area contributed by atoms with Gasteiger partial charge in [0, 0.05) is 25.0 Å². The van der Waals surface area contributed by atoms with E-state index < -0.39 is 0 Å². The Morgan fingerprint density at radius 2 is 2.54 bits per heavy atom. The summed E-state index contributed by atoms with van der Waals surface area (Å²) in [6, 6.07) is 3.75. The molecule has 0 radical (unpaired) electrons. The fourth-order valence-corrected chi connectivity index (χ4v) is 0.726. The molecule has 0 spiro atoms. The second-order valence-corrected chi connectivity index (χ2v) is 2.64. The van der Waals surface area contributed by atoms with Crippen molar-refractivity contribution in [2.75, 3.05) is 7.05 Å². The van der Waals surface area contributed by atoms with Gasteiger partial charge in [-0.15, -0.1) is 0 Å². The number of nitrogens with one attached hydrogen (secondary N) is 2. The van der Waals surface area contributed by atoms with Crippen molar-refractivity contribution in [3.05, 3.63) is 30.1 Å². The van der Waals surface area contributed by atoms with Crippen LogP contribution in [0.1, 0.15) is 5.56 Å². The second-order valence-electron chi connectivity index (χ2n) is 2.24. The molecule has 5 heteroatoms. The van der Waals surface area contributed by atoms with Crippen LogP contribution in [0.3, 0.4) is 0 Å². The predicted octanol–water partition coefficient (Wildman–Crippen LogP) is 0.509. The zero-order chi connectivity index (χ0) is 9.52. The van der Waals surface area contributed by atoms with Gasteiger partial charge in [-0.1, -0.05) is 6.07 Å². The third-order valence-electron chi connectivity index (χ3n) is 1.29. The number of nitrogens with zero attached hydrogens (tertiary/aromatic N) is 2. The SMILES string of the molecule is CNC(=S)NN=Cc1cccnc1. The highest BCUT2D eigenvalue weighted by molar-refractivity contribution is 7.80. The van der Waals surface area contributed by atoms with Crippen molar-refractivity contribution in [3.63, 3.8) is 0 Å². The van der Waals surface area contributed by atoms with Crippen LogP contribution in [0.5, 0.6) is 0 Å². The third-order valence-corrected chi connectivity index (χ3v) is 1.59. The first kappa shape index (κ1) is 9.60. The zero-order valence-corrected chi connectivity index (χ0v) is 8.01. The van der Waals surface area contributed by atoms with E-state index in [1.165, 1.54) is 0 Å². The molecule has 13 heavy (non-hydrogen) atoms. The number of pyridine rings is 1. The molecule has 1 aromatic heterocycles. The molecule has 4 nitrogen and oxygen atoms in total. The minimum Gasteiger partial charge on any atom is -0.364 e. The maximum Gasteiger partial charge on any atom is 0.186 e. The van der Waals surface area contributed by atoms with E-state index in [4.69, 9.17) is 12.2 Å². The topological polar surface area (TPSA) is 49.3 Å². The largest absolute Gasteiger partial charge is 0.364 e. The van der Waals surface area contributed by atoms with Gasteiger partial charge in [0.15, 0.2) is 5.11 Å². The van der Waals surface area contributed by atoms with Gasteiger partial charge in [0.2, 0.25) is 0 Å². The van der Waals surface area contributed by atoms with Crippen LogP contribution in [-0.2, 0) is 0 Å². The summed E-state index contributed by atoms with van der Waals surface area (Å²) in [5.74, 6) is 0. The maximum absolute atomic E-state index is 4.82. The Balaban J connectivity index is 2.45. The Labute approximate surface area is 82.1 Å². The second kappa shape index (κ2) is 5.21. The third kappa shape index (κ3) is 3.62. The van der Waals surface area contributed by atoms with Crippen LogP contribution in [0.15, 0.2) is 29.6 Å². The molecule has 2 N–H and O–H groups in total.